The predicted octanol–water partition coefficient (Wildman–Crippen LogP) is 1.84. The van der Waals surface area contributed by atoms with Crippen molar-refractivity contribution in [1.29, 1.82) is 0 Å². The van der Waals surface area contributed by atoms with Gasteiger partial charge >= 0.3 is 0 Å². The summed E-state index contributed by atoms with van der Waals surface area (Å²) in [6.45, 7) is 7.54. The molecule has 0 saturated carbocycles. The Morgan fingerprint density at radius 1 is 1.42 bits per heavy atom. The molecule has 0 aromatic carbocycles. The lowest BCUT2D eigenvalue weighted by Crippen LogP contribution is -2.39. The maximum absolute atomic E-state index is 4.45. The van der Waals surface area contributed by atoms with Crippen molar-refractivity contribution in [1.82, 2.24) is 19.9 Å². The van der Waals surface area contributed by atoms with Crippen LogP contribution in [0.15, 0.2) is 18.5 Å². The predicted molar refractivity (Wildman–Crippen MR) is 76.4 cm³/mol. The zero-order valence-electron chi connectivity index (χ0n) is 11.6. The van der Waals surface area contributed by atoms with Crippen LogP contribution in [-0.4, -0.2) is 34.2 Å². The zero-order valence-corrected chi connectivity index (χ0v) is 11.6. The minimum Gasteiger partial charge on any atom is -0.368 e. The van der Waals surface area contributed by atoms with Crippen LogP contribution in [0.2, 0.25) is 0 Å². The third-order valence-corrected chi connectivity index (χ3v) is 4.01. The van der Waals surface area contributed by atoms with E-state index in [0.717, 1.165) is 36.7 Å². The highest BCUT2D eigenvalue weighted by Gasteiger charge is 2.26. The SMILES string of the molecule is Cc1cc2c(NCC3(C)CCNCC3)nccn2n1. The fourth-order valence-electron chi connectivity index (χ4n) is 2.68. The Morgan fingerprint density at radius 2 is 2.21 bits per heavy atom. The van der Waals surface area contributed by atoms with Gasteiger partial charge in [0.1, 0.15) is 5.52 Å². The monoisotopic (exact) mass is 259 g/mol. The van der Waals surface area contributed by atoms with Gasteiger partial charge in [-0.25, -0.2) is 9.50 Å². The molecular weight excluding hydrogens is 238 g/mol. The van der Waals surface area contributed by atoms with Crippen LogP contribution in [-0.2, 0) is 0 Å². The van der Waals surface area contributed by atoms with Gasteiger partial charge in [-0.05, 0) is 44.3 Å². The largest absolute Gasteiger partial charge is 0.368 e. The van der Waals surface area contributed by atoms with Gasteiger partial charge in [-0.2, -0.15) is 5.10 Å². The number of anilines is 1. The quantitative estimate of drug-likeness (QED) is 0.883. The number of rotatable bonds is 3. The number of piperidine rings is 1. The van der Waals surface area contributed by atoms with E-state index in [1.165, 1.54) is 12.8 Å². The smallest absolute Gasteiger partial charge is 0.152 e. The molecule has 1 aliphatic heterocycles. The lowest BCUT2D eigenvalue weighted by molar-refractivity contribution is 0.247. The van der Waals surface area contributed by atoms with Crippen LogP contribution in [0.3, 0.4) is 0 Å². The second-order valence-electron chi connectivity index (χ2n) is 5.81. The van der Waals surface area contributed by atoms with Crippen LogP contribution in [0, 0.1) is 12.3 Å². The number of hydrogen-bond acceptors (Lipinski definition) is 4. The molecule has 0 atom stereocenters. The molecule has 0 aliphatic carbocycles. The molecule has 1 aliphatic rings. The van der Waals surface area contributed by atoms with Crippen molar-refractivity contribution in [2.75, 3.05) is 25.0 Å². The molecule has 3 rings (SSSR count). The zero-order chi connectivity index (χ0) is 13.3. The molecule has 5 heteroatoms. The van der Waals surface area contributed by atoms with Crippen molar-refractivity contribution in [2.45, 2.75) is 26.7 Å². The van der Waals surface area contributed by atoms with Crippen LogP contribution in [0.25, 0.3) is 5.52 Å². The Labute approximate surface area is 113 Å². The Hall–Kier alpha value is -1.62. The van der Waals surface area contributed by atoms with Gasteiger partial charge in [-0.15, -0.1) is 0 Å². The van der Waals surface area contributed by atoms with Gasteiger partial charge in [0.05, 0.1) is 5.69 Å². The molecule has 0 unspecified atom stereocenters. The summed E-state index contributed by atoms with van der Waals surface area (Å²) in [5.41, 5.74) is 2.43. The number of fused-ring (bicyclic) bond motifs is 1. The van der Waals surface area contributed by atoms with Crippen molar-refractivity contribution in [3.63, 3.8) is 0 Å². The van der Waals surface area contributed by atoms with Crippen molar-refractivity contribution in [2.24, 2.45) is 5.41 Å². The standard InChI is InChI=1S/C14H21N5/c1-11-9-12-13(16-7-8-19(12)18-11)17-10-14(2)3-5-15-6-4-14/h7-9,15H,3-6,10H2,1-2H3,(H,16,17). The number of nitrogens with one attached hydrogen (secondary N) is 2. The lowest BCUT2D eigenvalue weighted by atomic mass is 9.81. The second kappa shape index (κ2) is 4.81. The number of aryl methyl sites for hydroxylation is 1. The Balaban J connectivity index is 1.78. The molecule has 1 saturated heterocycles. The van der Waals surface area contributed by atoms with Crippen LogP contribution >= 0.6 is 0 Å². The van der Waals surface area contributed by atoms with Crippen molar-refractivity contribution in [3.05, 3.63) is 24.2 Å². The average Bonchev–Trinajstić information content (AvgIpc) is 2.78. The molecule has 3 heterocycles. The third kappa shape index (κ3) is 2.56. The van der Waals surface area contributed by atoms with E-state index in [-0.39, 0.29) is 0 Å². The van der Waals surface area contributed by atoms with E-state index in [2.05, 4.69) is 33.7 Å². The summed E-state index contributed by atoms with van der Waals surface area (Å²) in [7, 11) is 0. The molecule has 0 radical (unpaired) electrons. The van der Waals surface area contributed by atoms with Crippen LogP contribution in [0.4, 0.5) is 5.82 Å². The average molecular weight is 259 g/mol. The minimum absolute atomic E-state index is 0.356. The molecule has 0 spiro atoms. The first-order valence-corrected chi connectivity index (χ1v) is 6.92. The molecule has 102 valence electrons. The molecule has 5 nitrogen and oxygen atoms in total. The summed E-state index contributed by atoms with van der Waals surface area (Å²) in [6.07, 6.45) is 6.11. The summed E-state index contributed by atoms with van der Waals surface area (Å²) in [5.74, 6) is 0.933. The summed E-state index contributed by atoms with van der Waals surface area (Å²) in [6, 6.07) is 2.07. The van der Waals surface area contributed by atoms with E-state index >= 15 is 0 Å². The highest BCUT2D eigenvalue weighted by Crippen LogP contribution is 2.28. The van der Waals surface area contributed by atoms with E-state index in [9.17, 15) is 0 Å². The highest BCUT2D eigenvalue weighted by atomic mass is 15.2. The van der Waals surface area contributed by atoms with Gasteiger partial charge in [0.2, 0.25) is 0 Å². The molecule has 2 aromatic heterocycles. The first-order valence-electron chi connectivity index (χ1n) is 6.92. The molecule has 1 fully saturated rings. The topological polar surface area (TPSA) is 54.2 Å². The maximum Gasteiger partial charge on any atom is 0.152 e. The molecule has 0 amide bonds. The van der Waals surface area contributed by atoms with Gasteiger partial charge in [-0.1, -0.05) is 6.92 Å². The van der Waals surface area contributed by atoms with Gasteiger partial charge in [0.25, 0.3) is 0 Å². The number of nitrogens with zero attached hydrogens (tertiary/aromatic N) is 3. The Bertz CT molecular complexity index is 568. The second-order valence-corrected chi connectivity index (χ2v) is 5.81. The van der Waals surface area contributed by atoms with Crippen LogP contribution < -0.4 is 10.6 Å². The first-order chi connectivity index (χ1) is 9.16. The first kappa shape index (κ1) is 12.4. The van der Waals surface area contributed by atoms with Crippen molar-refractivity contribution < 1.29 is 0 Å². The van der Waals surface area contributed by atoms with Crippen LogP contribution in [0.1, 0.15) is 25.5 Å². The van der Waals surface area contributed by atoms with Gasteiger partial charge in [0.15, 0.2) is 5.82 Å². The highest BCUT2D eigenvalue weighted by molar-refractivity contribution is 5.67. The number of hydrogen-bond donors (Lipinski definition) is 2. The van der Waals surface area contributed by atoms with Crippen LogP contribution in [0.5, 0.6) is 0 Å². The van der Waals surface area contributed by atoms with Gasteiger partial charge in [0, 0.05) is 18.9 Å². The summed E-state index contributed by atoms with van der Waals surface area (Å²) < 4.78 is 1.88. The fraction of sp³-hybridized carbons (Fsp3) is 0.571. The van der Waals surface area contributed by atoms with Gasteiger partial charge in [-0.3, -0.25) is 0 Å². The van der Waals surface area contributed by atoms with E-state index in [1.807, 2.05) is 17.6 Å². The summed E-state index contributed by atoms with van der Waals surface area (Å²) in [4.78, 5) is 4.45. The molecule has 2 aromatic rings. The van der Waals surface area contributed by atoms with E-state index < -0.39 is 0 Å². The normalized spacial score (nSPS) is 18.6. The van der Waals surface area contributed by atoms with E-state index in [0.29, 0.717) is 5.41 Å². The van der Waals surface area contributed by atoms with Gasteiger partial charge < -0.3 is 10.6 Å². The van der Waals surface area contributed by atoms with Crippen molar-refractivity contribution >= 4 is 11.3 Å². The third-order valence-electron chi connectivity index (χ3n) is 4.01. The maximum atomic E-state index is 4.45. The molecule has 0 bridgehead atoms. The number of aromatic nitrogens is 3. The Morgan fingerprint density at radius 3 is 3.00 bits per heavy atom. The summed E-state index contributed by atoms with van der Waals surface area (Å²) >= 11 is 0. The molecule has 2 N–H and O–H groups in total. The van der Waals surface area contributed by atoms with E-state index in [1.54, 1.807) is 6.20 Å². The Kier molecular flexibility index (Phi) is 3.14. The summed E-state index contributed by atoms with van der Waals surface area (Å²) in [5, 5.41) is 11.3. The minimum atomic E-state index is 0.356. The van der Waals surface area contributed by atoms with E-state index in [4.69, 9.17) is 0 Å². The fourth-order valence-corrected chi connectivity index (χ4v) is 2.68. The van der Waals surface area contributed by atoms with Crippen molar-refractivity contribution in [3.8, 4) is 0 Å². The molecule has 19 heavy (non-hydrogen) atoms. The molecular formula is C14H21N5. The lowest BCUT2D eigenvalue weighted by Gasteiger charge is -2.34.